The molecule has 0 aliphatic carbocycles. The molecule has 1 aromatic rings. The quantitative estimate of drug-likeness (QED) is 0.443. The fourth-order valence-corrected chi connectivity index (χ4v) is 1.60. The Morgan fingerprint density at radius 2 is 1.94 bits per heavy atom. The Bertz CT molecular complexity index is 449. The van der Waals surface area contributed by atoms with E-state index in [4.69, 9.17) is 5.26 Å². The molecule has 0 N–H and O–H groups in total. The molecule has 1 aromatic heterocycles. The number of rotatable bonds is 1. The minimum absolute atomic E-state index is 0.237. The number of alkyl halides is 5. The minimum atomic E-state index is -4.92. The van der Waals surface area contributed by atoms with Gasteiger partial charge in [-0.3, -0.25) is 0 Å². The van der Waals surface area contributed by atoms with Gasteiger partial charge in [0.15, 0.2) is 5.69 Å². The van der Waals surface area contributed by atoms with Crippen LogP contribution in [0, 0.1) is 15.0 Å². The zero-order valence-electron chi connectivity index (χ0n) is 7.32. The van der Waals surface area contributed by atoms with E-state index in [0.717, 1.165) is 12.1 Å². The predicted octanol–water partition coefficient (Wildman–Crippen LogP) is 3.51. The molecule has 0 saturated heterocycles. The Labute approximate surface area is 100 Å². The van der Waals surface area contributed by atoms with Crippen LogP contribution in [0.3, 0.4) is 0 Å². The molecule has 0 atom stereocenters. The highest BCUT2D eigenvalue weighted by atomic mass is 127. The standard InChI is InChI=1S/C8H2F5IN2/c9-7(10)3-1-5(14)16-6(4(3)2-15)8(11,12)13/h1,7H. The fraction of sp³-hybridized carbons (Fsp3) is 0.250. The molecule has 0 aliphatic heterocycles. The summed E-state index contributed by atoms with van der Waals surface area (Å²) in [5, 5.41) is 8.48. The first kappa shape index (κ1) is 13.1. The molecule has 0 unspecified atom stereocenters. The highest BCUT2D eigenvalue weighted by Gasteiger charge is 2.38. The van der Waals surface area contributed by atoms with E-state index in [9.17, 15) is 22.0 Å². The van der Waals surface area contributed by atoms with E-state index >= 15 is 0 Å². The van der Waals surface area contributed by atoms with Crippen molar-refractivity contribution in [3.63, 3.8) is 0 Å². The molecular formula is C8H2F5IN2. The summed E-state index contributed by atoms with van der Waals surface area (Å²) in [6.07, 6.45) is -8.07. The summed E-state index contributed by atoms with van der Waals surface area (Å²) in [7, 11) is 0. The summed E-state index contributed by atoms with van der Waals surface area (Å²) >= 11 is 1.38. The Kier molecular flexibility index (Phi) is 3.67. The third kappa shape index (κ3) is 2.58. The van der Waals surface area contributed by atoms with Crippen molar-refractivity contribution in [3.8, 4) is 6.07 Å². The number of hydrogen-bond donors (Lipinski definition) is 0. The third-order valence-corrected chi connectivity index (χ3v) is 2.19. The van der Waals surface area contributed by atoms with Gasteiger partial charge in [-0.05, 0) is 28.7 Å². The second kappa shape index (κ2) is 4.48. The van der Waals surface area contributed by atoms with Crippen molar-refractivity contribution in [2.75, 3.05) is 0 Å². The summed E-state index contributed by atoms with van der Waals surface area (Å²) in [5.74, 6) is 0. The third-order valence-electron chi connectivity index (χ3n) is 1.63. The number of hydrogen-bond acceptors (Lipinski definition) is 2. The molecule has 0 saturated carbocycles. The molecule has 8 heteroatoms. The van der Waals surface area contributed by atoms with Crippen molar-refractivity contribution in [2.24, 2.45) is 0 Å². The molecule has 0 bridgehead atoms. The van der Waals surface area contributed by atoms with Gasteiger partial charge in [0.2, 0.25) is 0 Å². The van der Waals surface area contributed by atoms with Gasteiger partial charge in [0.1, 0.15) is 9.77 Å². The van der Waals surface area contributed by atoms with Crippen LogP contribution in [0.15, 0.2) is 6.07 Å². The summed E-state index contributed by atoms with van der Waals surface area (Å²) in [6.45, 7) is 0. The monoisotopic (exact) mass is 348 g/mol. The maximum Gasteiger partial charge on any atom is 0.434 e. The van der Waals surface area contributed by atoms with Crippen LogP contribution in [0.4, 0.5) is 22.0 Å². The first-order chi connectivity index (χ1) is 7.27. The molecule has 0 spiro atoms. The molecule has 0 aromatic carbocycles. The summed E-state index contributed by atoms with van der Waals surface area (Å²) in [4.78, 5) is 3.06. The Morgan fingerprint density at radius 1 is 1.38 bits per heavy atom. The van der Waals surface area contributed by atoms with Gasteiger partial charge in [-0.25, -0.2) is 13.8 Å². The second-order valence-electron chi connectivity index (χ2n) is 2.67. The van der Waals surface area contributed by atoms with E-state index in [2.05, 4.69) is 4.98 Å². The first-order valence-electron chi connectivity index (χ1n) is 3.73. The first-order valence-corrected chi connectivity index (χ1v) is 4.81. The van der Waals surface area contributed by atoms with Gasteiger partial charge in [0.05, 0.1) is 5.56 Å². The van der Waals surface area contributed by atoms with Gasteiger partial charge < -0.3 is 0 Å². The van der Waals surface area contributed by atoms with Gasteiger partial charge in [-0.1, -0.05) is 0 Å². The number of nitriles is 1. The summed E-state index contributed by atoms with van der Waals surface area (Å²) in [5.41, 5.74) is -3.64. The van der Waals surface area contributed by atoms with Gasteiger partial charge in [-0.15, -0.1) is 0 Å². The van der Waals surface area contributed by atoms with Gasteiger partial charge in [0.25, 0.3) is 6.43 Å². The van der Waals surface area contributed by atoms with Crippen LogP contribution in [0.5, 0.6) is 0 Å². The van der Waals surface area contributed by atoms with Crippen molar-refractivity contribution in [2.45, 2.75) is 12.6 Å². The van der Waals surface area contributed by atoms with E-state index in [1.807, 2.05) is 0 Å². The molecule has 0 amide bonds. The minimum Gasteiger partial charge on any atom is -0.236 e. The van der Waals surface area contributed by atoms with Crippen molar-refractivity contribution < 1.29 is 22.0 Å². The lowest BCUT2D eigenvalue weighted by molar-refractivity contribution is -0.141. The zero-order chi connectivity index (χ0) is 12.5. The molecule has 0 aliphatic rings. The number of pyridine rings is 1. The van der Waals surface area contributed by atoms with E-state index in [-0.39, 0.29) is 3.70 Å². The molecule has 2 nitrogen and oxygen atoms in total. The van der Waals surface area contributed by atoms with Gasteiger partial charge >= 0.3 is 6.18 Å². The molecule has 1 rings (SSSR count). The van der Waals surface area contributed by atoms with Crippen LogP contribution in [0.2, 0.25) is 0 Å². The zero-order valence-corrected chi connectivity index (χ0v) is 9.47. The SMILES string of the molecule is N#Cc1c(C(F)F)cc(I)nc1C(F)(F)F. The van der Waals surface area contributed by atoms with E-state index in [1.54, 1.807) is 0 Å². The van der Waals surface area contributed by atoms with Gasteiger partial charge in [0, 0.05) is 5.56 Å². The number of aromatic nitrogens is 1. The predicted molar refractivity (Wildman–Crippen MR) is 51.6 cm³/mol. The maximum atomic E-state index is 12.4. The van der Waals surface area contributed by atoms with E-state index in [0.29, 0.717) is 0 Å². The lowest BCUT2D eigenvalue weighted by atomic mass is 10.1. The van der Waals surface area contributed by atoms with Crippen molar-refractivity contribution in [1.29, 1.82) is 5.26 Å². The van der Waals surface area contributed by atoms with Crippen LogP contribution < -0.4 is 0 Å². The molecule has 16 heavy (non-hydrogen) atoms. The topological polar surface area (TPSA) is 36.7 Å². The number of nitrogens with zero attached hydrogens (tertiary/aromatic N) is 2. The van der Waals surface area contributed by atoms with Crippen LogP contribution in [0.1, 0.15) is 23.2 Å². The fourth-order valence-electron chi connectivity index (χ4n) is 1.03. The lowest BCUT2D eigenvalue weighted by Gasteiger charge is -2.11. The summed E-state index contributed by atoms with van der Waals surface area (Å²) in [6, 6.07) is 1.88. The van der Waals surface area contributed by atoms with Crippen LogP contribution >= 0.6 is 22.6 Å². The molecule has 0 fully saturated rings. The van der Waals surface area contributed by atoms with Crippen LogP contribution in [-0.4, -0.2) is 4.98 Å². The van der Waals surface area contributed by atoms with Crippen molar-refractivity contribution in [1.82, 2.24) is 4.98 Å². The highest BCUT2D eigenvalue weighted by Crippen LogP contribution is 2.35. The van der Waals surface area contributed by atoms with Crippen molar-refractivity contribution >= 4 is 22.6 Å². The van der Waals surface area contributed by atoms with Gasteiger partial charge in [-0.2, -0.15) is 18.4 Å². The molecule has 1 heterocycles. The molecule has 86 valence electrons. The smallest absolute Gasteiger partial charge is 0.236 e. The molecular weight excluding hydrogens is 346 g/mol. The highest BCUT2D eigenvalue weighted by molar-refractivity contribution is 14.1. The maximum absolute atomic E-state index is 12.4. The average Bonchev–Trinajstić information content (AvgIpc) is 2.14. The van der Waals surface area contributed by atoms with E-state index < -0.39 is 29.4 Å². The normalized spacial score (nSPS) is 11.6. The Hall–Kier alpha value is -0.980. The van der Waals surface area contributed by atoms with Crippen LogP contribution in [0.25, 0.3) is 0 Å². The lowest BCUT2D eigenvalue weighted by Crippen LogP contribution is -2.14. The number of halogens is 6. The van der Waals surface area contributed by atoms with Crippen molar-refractivity contribution in [3.05, 3.63) is 26.6 Å². The van der Waals surface area contributed by atoms with Crippen LogP contribution in [-0.2, 0) is 6.18 Å². The summed E-state index contributed by atoms with van der Waals surface area (Å²) < 4.78 is 61.8. The second-order valence-corrected chi connectivity index (χ2v) is 3.77. The Morgan fingerprint density at radius 3 is 2.31 bits per heavy atom. The molecule has 0 radical (unpaired) electrons. The Balaban J connectivity index is 3.57. The largest absolute Gasteiger partial charge is 0.434 e. The average molecular weight is 348 g/mol. The van der Waals surface area contributed by atoms with E-state index in [1.165, 1.54) is 22.6 Å².